The van der Waals surface area contributed by atoms with Crippen LogP contribution >= 0.6 is 0 Å². The summed E-state index contributed by atoms with van der Waals surface area (Å²) in [6.45, 7) is 6.67. The minimum Gasteiger partial charge on any atom is -0.511 e. The number of hydrogen-bond donors (Lipinski definition) is 2. The molecule has 2 heterocycles. The van der Waals surface area contributed by atoms with Crippen molar-refractivity contribution in [3.05, 3.63) is 143 Å². The molecule has 10 nitrogen and oxygen atoms in total. The van der Waals surface area contributed by atoms with Crippen molar-refractivity contribution in [1.82, 2.24) is 0 Å². The Hall–Kier alpha value is -6.04. The van der Waals surface area contributed by atoms with E-state index in [2.05, 4.69) is 20.0 Å². The monoisotopic (exact) mass is 787 g/mol. The van der Waals surface area contributed by atoms with E-state index in [1.807, 2.05) is 12.1 Å². The molecule has 2 aliphatic heterocycles. The number of halogens is 2. The predicted molar refractivity (Wildman–Crippen MR) is 205 cm³/mol. The number of hydrogen-bond acceptors (Lipinski definition) is 10. The molecule has 0 amide bonds. The van der Waals surface area contributed by atoms with Crippen LogP contribution in [0.15, 0.2) is 141 Å². The molecule has 0 spiro atoms. The Morgan fingerprint density at radius 3 is 1.24 bits per heavy atom. The van der Waals surface area contributed by atoms with Gasteiger partial charge in [0.15, 0.2) is 11.8 Å². The Kier molecular flexibility index (Phi) is 14.7. The summed E-state index contributed by atoms with van der Waals surface area (Å²) in [7, 11) is 0. The summed E-state index contributed by atoms with van der Waals surface area (Å²) in [5.41, 5.74) is 4.58. The Morgan fingerprint density at radius 2 is 0.909 bits per heavy atom. The summed E-state index contributed by atoms with van der Waals surface area (Å²) in [4.78, 5) is 42.0. The third-order valence-electron chi connectivity index (χ3n) is 8.12. The number of aliphatic hydroxyl groups excluding tert-OH is 2. The Labute approximate surface area is 327 Å². The first-order chi connectivity index (χ1) is 25.9. The number of ether oxygens (including phenoxy) is 2. The summed E-state index contributed by atoms with van der Waals surface area (Å²) in [5.74, 6) is -3.65. The zero-order valence-electron chi connectivity index (χ0n) is 30.3. The van der Waals surface area contributed by atoms with Crippen LogP contribution in [0, 0.1) is 23.5 Å². The average Bonchev–Trinajstić information content (AvgIpc) is 3.12. The van der Waals surface area contributed by atoms with Gasteiger partial charge in [-0.1, -0.05) is 48.5 Å². The third-order valence-corrected chi connectivity index (χ3v) is 8.12. The Morgan fingerprint density at radius 1 is 0.582 bits per heavy atom. The predicted octanol–water partition coefficient (Wildman–Crippen LogP) is 9.34. The van der Waals surface area contributed by atoms with E-state index in [4.69, 9.17) is 9.47 Å². The van der Waals surface area contributed by atoms with Crippen molar-refractivity contribution in [3.63, 3.8) is 0 Å². The van der Waals surface area contributed by atoms with Crippen LogP contribution in [0.2, 0.25) is 0 Å². The fourth-order valence-corrected chi connectivity index (χ4v) is 5.49. The third kappa shape index (κ3) is 11.5. The molecular weight excluding hydrogens is 749 g/mol. The van der Waals surface area contributed by atoms with E-state index in [9.17, 15) is 28.6 Å². The number of benzene rings is 4. The molecule has 55 heavy (non-hydrogen) atoms. The first kappa shape index (κ1) is 41.7. The van der Waals surface area contributed by atoms with Gasteiger partial charge in [0, 0.05) is 40.9 Å². The van der Waals surface area contributed by atoms with Gasteiger partial charge in [0.1, 0.15) is 35.4 Å². The number of carbonyl (C=O) groups is 2. The summed E-state index contributed by atoms with van der Waals surface area (Å²) < 4.78 is 36.3. The van der Waals surface area contributed by atoms with Crippen LogP contribution in [0.4, 0.5) is 31.5 Å². The number of nitrogens with zero attached hydrogens (tertiary/aromatic N) is 4. The maximum atomic E-state index is 13.0. The molecule has 283 valence electrons. The number of cyclic esters (lactones) is 2. The largest absolute Gasteiger partial charge is 0.511 e. The van der Waals surface area contributed by atoms with Gasteiger partial charge in [0.25, 0.3) is 0 Å². The zero-order chi connectivity index (χ0) is 38.8. The molecule has 0 aliphatic carbocycles. The molecule has 6 rings (SSSR count). The molecule has 13 heteroatoms. The van der Waals surface area contributed by atoms with Gasteiger partial charge in [-0.2, -0.15) is 0 Å². The van der Waals surface area contributed by atoms with Gasteiger partial charge in [0.05, 0.1) is 22.7 Å². The van der Waals surface area contributed by atoms with E-state index in [1.165, 1.54) is 36.4 Å². The number of para-hydroxylation sites is 4. The molecule has 2 aliphatic rings. The number of carbonyl (C=O) groups excluding carboxylic acids is 2. The van der Waals surface area contributed by atoms with E-state index < -0.39 is 36.0 Å². The summed E-state index contributed by atoms with van der Waals surface area (Å²) >= 11 is 0. The second kappa shape index (κ2) is 19.3. The van der Waals surface area contributed by atoms with Gasteiger partial charge in [-0.15, -0.1) is 0 Å². The number of aliphatic imine (C=N–C) groups is 4. The van der Waals surface area contributed by atoms with E-state index in [1.54, 1.807) is 101 Å². The van der Waals surface area contributed by atoms with Crippen molar-refractivity contribution in [2.45, 2.75) is 39.9 Å². The fourth-order valence-electron chi connectivity index (χ4n) is 5.49. The number of esters is 2. The summed E-state index contributed by atoms with van der Waals surface area (Å²) in [6, 6.07) is 26.3. The Balaban J connectivity index is 0.000000240. The molecule has 0 aromatic heterocycles. The van der Waals surface area contributed by atoms with Crippen LogP contribution in [-0.2, 0) is 36.1 Å². The minimum atomic E-state index is -0.921. The van der Waals surface area contributed by atoms with Crippen molar-refractivity contribution >= 4 is 58.5 Å². The van der Waals surface area contributed by atoms with Crippen LogP contribution < -0.4 is 0 Å². The van der Waals surface area contributed by atoms with Crippen LogP contribution in [0.5, 0.6) is 0 Å². The Bertz CT molecular complexity index is 2030. The number of rotatable bonds is 8. The van der Waals surface area contributed by atoms with Crippen LogP contribution in [-0.4, -0.2) is 58.2 Å². The van der Waals surface area contributed by atoms with Gasteiger partial charge in [-0.05, 0) is 99.5 Å². The second-order valence-corrected chi connectivity index (χ2v) is 12.4. The first-order valence-electron chi connectivity index (χ1n) is 17.0. The standard InChI is InChI=1S/2C21H19FN2O3.Mn/c2*1-13-11-19(25)20(21(26)27-13)14(2)24-18-6-4-3-5-17(18)23-12-15-7-9-16(22)10-8-15;/h2*3-13,20,25H,1-2H3;. The van der Waals surface area contributed by atoms with E-state index in [-0.39, 0.29) is 40.2 Å². The van der Waals surface area contributed by atoms with Crippen molar-refractivity contribution in [2.24, 2.45) is 31.8 Å². The van der Waals surface area contributed by atoms with E-state index in [0.29, 0.717) is 34.2 Å². The topological polar surface area (TPSA) is 142 Å². The average molecular weight is 788 g/mol. The van der Waals surface area contributed by atoms with Gasteiger partial charge in [0.2, 0.25) is 0 Å². The van der Waals surface area contributed by atoms with Gasteiger partial charge >= 0.3 is 11.9 Å². The fraction of sp³-hybridized carbons (Fsp3) is 0.190. The summed E-state index contributed by atoms with van der Waals surface area (Å²) in [6.07, 6.45) is 5.27. The molecule has 0 saturated heterocycles. The van der Waals surface area contributed by atoms with E-state index in [0.717, 1.165) is 11.1 Å². The van der Waals surface area contributed by atoms with Gasteiger partial charge in [-0.25, -0.2) is 8.78 Å². The maximum Gasteiger partial charge on any atom is 0.323 e. The van der Waals surface area contributed by atoms with Crippen LogP contribution in [0.25, 0.3) is 0 Å². The zero-order valence-corrected chi connectivity index (χ0v) is 31.5. The summed E-state index contributed by atoms with van der Waals surface area (Å²) in [5, 5.41) is 20.2. The van der Waals surface area contributed by atoms with Crippen LogP contribution in [0.1, 0.15) is 38.8 Å². The number of aliphatic hydroxyl groups is 2. The van der Waals surface area contributed by atoms with Gasteiger partial charge in [-0.3, -0.25) is 29.6 Å². The molecule has 0 saturated carbocycles. The molecule has 4 atom stereocenters. The second-order valence-electron chi connectivity index (χ2n) is 12.4. The SMILES string of the molecule is CC(=Nc1ccccc1N=Cc1ccc(F)cc1)C1C(=O)OC(C)C=C1O.CC(=Nc1ccccc1N=Cc1ccc(F)cc1)C1C(=O)OC(C)C=C1O.[Mn]. The molecule has 2 N–H and O–H groups in total. The minimum absolute atomic E-state index is 0. The van der Waals surface area contributed by atoms with Gasteiger partial charge < -0.3 is 19.7 Å². The van der Waals surface area contributed by atoms with Crippen molar-refractivity contribution in [3.8, 4) is 0 Å². The van der Waals surface area contributed by atoms with Crippen LogP contribution in [0.3, 0.4) is 0 Å². The molecule has 0 fully saturated rings. The molecule has 0 bridgehead atoms. The molecule has 4 aromatic carbocycles. The molecule has 4 aromatic rings. The quantitative estimate of drug-likeness (QED) is 0.104. The van der Waals surface area contributed by atoms with Crippen molar-refractivity contribution < 1.29 is 55.1 Å². The first-order valence-corrected chi connectivity index (χ1v) is 17.0. The maximum absolute atomic E-state index is 13.0. The van der Waals surface area contributed by atoms with E-state index >= 15 is 0 Å². The smallest absolute Gasteiger partial charge is 0.323 e. The van der Waals surface area contributed by atoms with Crippen molar-refractivity contribution in [1.29, 1.82) is 0 Å². The molecular formula is C42H38F2MnN4O6. The van der Waals surface area contributed by atoms with Crippen molar-refractivity contribution in [2.75, 3.05) is 0 Å². The molecule has 1 radical (unpaired) electrons. The normalized spacial score (nSPS) is 20.1. The molecule has 4 unspecified atom stereocenters.